The number of benzene rings is 1. The second-order valence-corrected chi connectivity index (χ2v) is 3.48. The standard InChI is InChI=1S/C12H16O2/c1-9(12(14)10(2)13)8-11-6-4-3-5-7-11/h3-8,10,12-14H,1-2H3/b9-8+/t10-,12+/m0/s1. The number of rotatable bonds is 3. The van der Waals surface area contributed by atoms with Crippen molar-refractivity contribution in [3.8, 4) is 0 Å². The minimum absolute atomic E-state index is 0.727. The maximum Gasteiger partial charge on any atom is 0.101 e. The highest BCUT2D eigenvalue weighted by molar-refractivity contribution is 5.53. The number of aliphatic hydroxyl groups is 2. The quantitative estimate of drug-likeness (QED) is 0.767. The summed E-state index contributed by atoms with van der Waals surface area (Å²) in [6.07, 6.45) is 0.363. The van der Waals surface area contributed by atoms with Crippen LogP contribution in [0.5, 0.6) is 0 Å². The number of hydrogen-bond acceptors (Lipinski definition) is 2. The van der Waals surface area contributed by atoms with Gasteiger partial charge in [0.05, 0.1) is 6.10 Å². The monoisotopic (exact) mass is 192 g/mol. The fourth-order valence-electron chi connectivity index (χ4n) is 1.28. The van der Waals surface area contributed by atoms with Crippen LogP contribution in [0.25, 0.3) is 6.08 Å². The van der Waals surface area contributed by atoms with Crippen molar-refractivity contribution in [3.05, 3.63) is 41.5 Å². The van der Waals surface area contributed by atoms with Gasteiger partial charge in [0, 0.05) is 0 Å². The smallest absolute Gasteiger partial charge is 0.101 e. The third-order valence-electron chi connectivity index (χ3n) is 2.12. The fourth-order valence-corrected chi connectivity index (χ4v) is 1.28. The zero-order valence-corrected chi connectivity index (χ0v) is 8.51. The van der Waals surface area contributed by atoms with Crippen LogP contribution in [-0.4, -0.2) is 22.4 Å². The summed E-state index contributed by atoms with van der Waals surface area (Å²) in [6.45, 7) is 3.39. The van der Waals surface area contributed by atoms with Crippen molar-refractivity contribution in [3.63, 3.8) is 0 Å². The molecule has 0 fully saturated rings. The second-order valence-electron chi connectivity index (χ2n) is 3.48. The van der Waals surface area contributed by atoms with Crippen LogP contribution >= 0.6 is 0 Å². The highest BCUT2D eigenvalue weighted by Crippen LogP contribution is 2.11. The molecule has 1 aromatic carbocycles. The largest absolute Gasteiger partial charge is 0.390 e. The van der Waals surface area contributed by atoms with Gasteiger partial charge in [0.15, 0.2) is 0 Å². The average molecular weight is 192 g/mol. The van der Waals surface area contributed by atoms with E-state index >= 15 is 0 Å². The van der Waals surface area contributed by atoms with Crippen molar-refractivity contribution in [1.82, 2.24) is 0 Å². The Morgan fingerprint density at radius 1 is 1.21 bits per heavy atom. The molecule has 2 atom stereocenters. The van der Waals surface area contributed by atoms with E-state index in [0.29, 0.717) is 0 Å². The SMILES string of the molecule is C/C(=C\c1ccccc1)[C@@H](O)[C@H](C)O. The van der Waals surface area contributed by atoms with Crippen molar-refractivity contribution in [2.75, 3.05) is 0 Å². The maximum absolute atomic E-state index is 9.54. The molecule has 0 heterocycles. The molecule has 1 rings (SSSR count). The van der Waals surface area contributed by atoms with E-state index in [1.54, 1.807) is 6.92 Å². The van der Waals surface area contributed by atoms with Gasteiger partial charge in [-0.15, -0.1) is 0 Å². The highest BCUT2D eigenvalue weighted by Gasteiger charge is 2.12. The molecule has 2 N–H and O–H groups in total. The van der Waals surface area contributed by atoms with Gasteiger partial charge in [-0.1, -0.05) is 36.4 Å². The molecule has 0 saturated carbocycles. The fraction of sp³-hybridized carbons (Fsp3) is 0.333. The zero-order chi connectivity index (χ0) is 10.6. The van der Waals surface area contributed by atoms with E-state index in [9.17, 15) is 10.2 Å². The van der Waals surface area contributed by atoms with Gasteiger partial charge in [0.1, 0.15) is 6.10 Å². The molecule has 2 nitrogen and oxygen atoms in total. The van der Waals surface area contributed by atoms with Crippen LogP contribution in [0.1, 0.15) is 19.4 Å². The second kappa shape index (κ2) is 4.94. The van der Waals surface area contributed by atoms with Crippen LogP contribution in [0.4, 0.5) is 0 Å². The predicted octanol–water partition coefficient (Wildman–Crippen LogP) is 1.83. The Labute approximate surface area is 84.5 Å². The van der Waals surface area contributed by atoms with Crippen molar-refractivity contribution in [2.24, 2.45) is 0 Å². The van der Waals surface area contributed by atoms with Gasteiger partial charge in [-0.2, -0.15) is 0 Å². The van der Waals surface area contributed by atoms with Crippen molar-refractivity contribution < 1.29 is 10.2 Å². The predicted molar refractivity (Wildman–Crippen MR) is 57.8 cm³/mol. The molecule has 0 aliphatic heterocycles. The first-order valence-corrected chi connectivity index (χ1v) is 4.70. The van der Waals surface area contributed by atoms with E-state index in [4.69, 9.17) is 0 Å². The Balaban J connectivity index is 2.79. The van der Waals surface area contributed by atoms with E-state index < -0.39 is 12.2 Å². The van der Waals surface area contributed by atoms with Crippen LogP contribution in [0.15, 0.2) is 35.9 Å². The Morgan fingerprint density at radius 2 is 1.79 bits per heavy atom. The summed E-state index contributed by atoms with van der Waals surface area (Å²) in [5.74, 6) is 0. The Morgan fingerprint density at radius 3 is 2.29 bits per heavy atom. The first kappa shape index (κ1) is 11.0. The third kappa shape index (κ3) is 2.98. The summed E-state index contributed by atoms with van der Waals surface area (Å²) >= 11 is 0. The zero-order valence-electron chi connectivity index (χ0n) is 8.51. The molecule has 0 spiro atoms. The molecule has 0 bridgehead atoms. The van der Waals surface area contributed by atoms with Crippen molar-refractivity contribution in [2.45, 2.75) is 26.1 Å². The number of aliphatic hydroxyl groups excluding tert-OH is 2. The molecule has 0 aromatic heterocycles. The van der Waals surface area contributed by atoms with E-state index in [0.717, 1.165) is 11.1 Å². The molecule has 0 unspecified atom stereocenters. The molecule has 0 aliphatic carbocycles. The minimum Gasteiger partial charge on any atom is -0.390 e. The van der Waals surface area contributed by atoms with E-state index in [1.165, 1.54) is 0 Å². The van der Waals surface area contributed by atoms with Crippen LogP contribution in [0, 0.1) is 0 Å². The van der Waals surface area contributed by atoms with Gasteiger partial charge in [-0.3, -0.25) is 0 Å². The molecule has 1 aromatic rings. The topological polar surface area (TPSA) is 40.5 Å². The molecule has 0 radical (unpaired) electrons. The molecular weight excluding hydrogens is 176 g/mol. The Hall–Kier alpha value is -1.12. The number of hydrogen-bond donors (Lipinski definition) is 2. The third-order valence-corrected chi connectivity index (χ3v) is 2.12. The van der Waals surface area contributed by atoms with Crippen LogP contribution in [0.3, 0.4) is 0 Å². The Kier molecular flexibility index (Phi) is 3.86. The van der Waals surface area contributed by atoms with Crippen LogP contribution < -0.4 is 0 Å². The highest BCUT2D eigenvalue weighted by atomic mass is 16.3. The summed E-state index contributed by atoms with van der Waals surface area (Å²) in [6, 6.07) is 9.73. The Bertz CT molecular complexity index is 301. The average Bonchev–Trinajstić information content (AvgIpc) is 2.18. The minimum atomic E-state index is -0.782. The summed E-state index contributed by atoms with van der Waals surface area (Å²) < 4.78 is 0. The summed E-state index contributed by atoms with van der Waals surface area (Å²) in [5, 5.41) is 18.7. The van der Waals surface area contributed by atoms with E-state index in [1.807, 2.05) is 43.3 Å². The van der Waals surface area contributed by atoms with Crippen LogP contribution in [0.2, 0.25) is 0 Å². The first-order valence-electron chi connectivity index (χ1n) is 4.70. The lowest BCUT2D eigenvalue weighted by Crippen LogP contribution is -2.23. The molecule has 0 aliphatic rings. The van der Waals surface area contributed by atoms with E-state index in [-0.39, 0.29) is 0 Å². The molecule has 2 heteroatoms. The lowest BCUT2D eigenvalue weighted by molar-refractivity contribution is 0.0553. The molecule has 76 valence electrons. The lowest BCUT2D eigenvalue weighted by Gasteiger charge is -2.14. The van der Waals surface area contributed by atoms with Gasteiger partial charge < -0.3 is 10.2 Å². The lowest BCUT2D eigenvalue weighted by atomic mass is 10.0. The maximum atomic E-state index is 9.54. The van der Waals surface area contributed by atoms with Crippen molar-refractivity contribution in [1.29, 1.82) is 0 Å². The molecule has 14 heavy (non-hydrogen) atoms. The van der Waals surface area contributed by atoms with Gasteiger partial charge >= 0.3 is 0 Å². The molecule has 0 amide bonds. The summed E-state index contributed by atoms with van der Waals surface area (Å²) in [7, 11) is 0. The summed E-state index contributed by atoms with van der Waals surface area (Å²) in [5.41, 5.74) is 1.80. The van der Waals surface area contributed by atoms with E-state index in [2.05, 4.69) is 0 Å². The van der Waals surface area contributed by atoms with Gasteiger partial charge in [-0.25, -0.2) is 0 Å². The van der Waals surface area contributed by atoms with Gasteiger partial charge in [0.2, 0.25) is 0 Å². The molecule has 0 saturated heterocycles. The molecular formula is C12H16O2. The first-order chi connectivity index (χ1) is 6.61. The van der Waals surface area contributed by atoms with Gasteiger partial charge in [0.25, 0.3) is 0 Å². The summed E-state index contributed by atoms with van der Waals surface area (Å²) in [4.78, 5) is 0. The van der Waals surface area contributed by atoms with Crippen LogP contribution in [-0.2, 0) is 0 Å². The van der Waals surface area contributed by atoms with Gasteiger partial charge in [-0.05, 0) is 25.0 Å². The normalized spacial score (nSPS) is 16.4. The van der Waals surface area contributed by atoms with Crippen molar-refractivity contribution >= 4 is 6.08 Å².